The van der Waals surface area contributed by atoms with E-state index in [1.165, 1.54) is 23.5 Å². The molecule has 1 heterocycles. The molecule has 2 heteroatoms. The van der Waals surface area contributed by atoms with Crippen molar-refractivity contribution >= 4 is 11.8 Å². The molecule has 0 saturated carbocycles. The van der Waals surface area contributed by atoms with Gasteiger partial charge in [0.1, 0.15) is 0 Å². The molecule has 2 rings (SSSR count). The van der Waals surface area contributed by atoms with E-state index in [1.807, 2.05) is 0 Å². The molecule has 1 fully saturated rings. The lowest BCUT2D eigenvalue weighted by atomic mass is 10.1. The summed E-state index contributed by atoms with van der Waals surface area (Å²) in [6.07, 6.45) is 2.48. The van der Waals surface area contributed by atoms with Gasteiger partial charge in [0.25, 0.3) is 0 Å². The normalized spacial score (nSPS) is 22.9. The molecule has 2 atom stereocenters. The van der Waals surface area contributed by atoms with Crippen LogP contribution in [0.2, 0.25) is 0 Å². The Kier molecular flexibility index (Phi) is 4.09. The Morgan fingerprint density at radius 1 is 1.40 bits per heavy atom. The summed E-state index contributed by atoms with van der Waals surface area (Å²) in [5, 5.41) is 3.71. The lowest BCUT2D eigenvalue weighted by Crippen LogP contribution is -2.37. The van der Waals surface area contributed by atoms with Crippen molar-refractivity contribution in [2.24, 2.45) is 0 Å². The molecule has 0 spiro atoms. The van der Waals surface area contributed by atoms with Gasteiger partial charge >= 0.3 is 0 Å². The van der Waals surface area contributed by atoms with Crippen molar-refractivity contribution in [1.29, 1.82) is 0 Å². The minimum absolute atomic E-state index is 0.594. The SMILES string of the molecule is CC(Cc1ccccc1)NC1CCSC1. The van der Waals surface area contributed by atoms with Gasteiger partial charge in [-0.3, -0.25) is 0 Å². The van der Waals surface area contributed by atoms with E-state index in [1.54, 1.807) is 0 Å². The largest absolute Gasteiger partial charge is 0.310 e. The third kappa shape index (κ3) is 3.54. The molecule has 0 aromatic heterocycles. The highest BCUT2D eigenvalue weighted by molar-refractivity contribution is 7.99. The summed E-state index contributed by atoms with van der Waals surface area (Å²) in [7, 11) is 0. The van der Waals surface area contributed by atoms with Crippen molar-refractivity contribution < 1.29 is 0 Å². The van der Waals surface area contributed by atoms with Crippen LogP contribution in [0.3, 0.4) is 0 Å². The van der Waals surface area contributed by atoms with E-state index in [2.05, 4.69) is 54.3 Å². The highest BCUT2D eigenvalue weighted by atomic mass is 32.2. The second-order valence-corrected chi connectivity index (χ2v) is 5.47. The summed E-state index contributed by atoms with van der Waals surface area (Å²) in [5.74, 6) is 2.62. The molecule has 1 aliphatic rings. The van der Waals surface area contributed by atoms with E-state index in [0.717, 1.165) is 12.5 Å². The maximum absolute atomic E-state index is 3.71. The fourth-order valence-corrected chi connectivity index (χ4v) is 3.26. The molecule has 0 aliphatic carbocycles. The molecule has 1 N–H and O–H groups in total. The first-order chi connectivity index (χ1) is 7.34. The first kappa shape index (κ1) is 11.0. The number of hydrogen-bond donors (Lipinski definition) is 1. The fourth-order valence-electron chi connectivity index (χ4n) is 2.09. The van der Waals surface area contributed by atoms with Crippen LogP contribution in [-0.2, 0) is 6.42 Å². The number of benzene rings is 1. The Hall–Kier alpha value is -0.470. The summed E-state index contributed by atoms with van der Waals surface area (Å²) in [6.45, 7) is 2.29. The number of rotatable bonds is 4. The zero-order valence-corrected chi connectivity index (χ0v) is 10.1. The molecule has 2 unspecified atom stereocenters. The predicted molar refractivity (Wildman–Crippen MR) is 68.5 cm³/mol. The quantitative estimate of drug-likeness (QED) is 0.839. The van der Waals surface area contributed by atoms with Gasteiger partial charge in [-0.05, 0) is 31.1 Å². The van der Waals surface area contributed by atoms with Crippen LogP contribution in [0.5, 0.6) is 0 Å². The zero-order valence-electron chi connectivity index (χ0n) is 9.28. The molecular formula is C13H19NS. The molecule has 82 valence electrons. The maximum Gasteiger partial charge on any atom is 0.0168 e. The first-order valence-corrected chi connectivity index (χ1v) is 6.88. The molecule has 15 heavy (non-hydrogen) atoms. The minimum atomic E-state index is 0.594. The van der Waals surface area contributed by atoms with Gasteiger partial charge in [-0.1, -0.05) is 30.3 Å². The second-order valence-electron chi connectivity index (χ2n) is 4.32. The van der Waals surface area contributed by atoms with Crippen LogP contribution in [0.25, 0.3) is 0 Å². The van der Waals surface area contributed by atoms with Gasteiger partial charge in [0, 0.05) is 17.8 Å². The van der Waals surface area contributed by atoms with Crippen molar-refractivity contribution in [2.45, 2.75) is 31.8 Å². The molecule has 1 aromatic rings. The third-order valence-electron chi connectivity index (χ3n) is 2.83. The summed E-state index contributed by atoms with van der Waals surface area (Å²) in [5.41, 5.74) is 1.43. The van der Waals surface area contributed by atoms with Gasteiger partial charge in [-0.15, -0.1) is 0 Å². The predicted octanol–water partition coefficient (Wildman–Crippen LogP) is 2.71. The van der Waals surface area contributed by atoms with E-state index < -0.39 is 0 Å². The van der Waals surface area contributed by atoms with E-state index in [-0.39, 0.29) is 0 Å². The summed E-state index contributed by atoms with van der Waals surface area (Å²) < 4.78 is 0. The Morgan fingerprint density at radius 2 is 2.20 bits per heavy atom. The van der Waals surface area contributed by atoms with Crippen LogP contribution in [0.1, 0.15) is 18.9 Å². The van der Waals surface area contributed by atoms with E-state index in [4.69, 9.17) is 0 Å². The van der Waals surface area contributed by atoms with Crippen LogP contribution in [0.15, 0.2) is 30.3 Å². The molecule has 1 aliphatic heterocycles. The molecule has 0 radical (unpaired) electrons. The smallest absolute Gasteiger partial charge is 0.0168 e. The van der Waals surface area contributed by atoms with E-state index in [0.29, 0.717) is 6.04 Å². The average Bonchev–Trinajstić information content (AvgIpc) is 2.71. The first-order valence-electron chi connectivity index (χ1n) is 5.72. The average molecular weight is 221 g/mol. The third-order valence-corrected chi connectivity index (χ3v) is 4.00. The molecule has 0 amide bonds. The van der Waals surface area contributed by atoms with Crippen LogP contribution < -0.4 is 5.32 Å². The fraction of sp³-hybridized carbons (Fsp3) is 0.538. The monoisotopic (exact) mass is 221 g/mol. The second kappa shape index (κ2) is 5.57. The van der Waals surface area contributed by atoms with E-state index in [9.17, 15) is 0 Å². The minimum Gasteiger partial charge on any atom is -0.310 e. The Labute approximate surface area is 96.7 Å². The topological polar surface area (TPSA) is 12.0 Å². The number of thioether (sulfide) groups is 1. The Bertz CT molecular complexity index is 280. The number of hydrogen-bond acceptors (Lipinski definition) is 2. The molecule has 1 aromatic carbocycles. The lowest BCUT2D eigenvalue weighted by Gasteiger charge is -2.18. The van der Waals surface area contributed by atoms with Crippen molar-refractivity contribution in [3.05, 3.63) is 35.9 Å². The zero-order chi connectivity index (χ0) is 10.5. The van der Waals surface area contributed by atoms with Crippen LogP contribution in [-0.4, -0.2) is 23.6 Å². The van der Waals surface area contributed by atoms with Gasteiger partial charge in [0.2, 0.25) is 0 Å². The standard InChI is InChI=1S/C13H19NS/c1-11(14-13-7-8-15-10-13)9-12-5-3-2-4-6-12/h2-6,11,13-14H,7-10H2,1H3. The van der Waals surface area contributed by atoms with Crippen molar-refractivity contribution in [2.75, 3.05) is 11.5 Å². The van der Waals surface area contributed by atoms with Gasteiger partial charge in [-0.2, -0.15) is 11.8 Å². The maximum atomic E-state index is 3.71. The van der Waals surface area contributed by atoms with Crippen molar-refractivity contribution in [3.8, 4) is 0 Å². The van der Waals surface area contributed by atoms with Gasteiger partial charge in [0.15, 0.2) is 0 Å². The number of nitrogens with one attached hydrogen (secondary N) is 1. The molecule has 1 saturated heterocycles. The van der Waals surface area contributed by atoms with E-state index >= 15 is 0 Å². The summed E-state index contributed by atoms with van der Waals surface area (Å²) in [4.78, 5) is 0. The summed E-state index contributed by atoms with van der Waals surface area (Å²) in [6, 6.07) is 12.1. The van der Waals surface area contributed by atoms with Crippen molar-refractivity contribution in [1.82, 2.24) is 5.32 Å². The van der Waals surface area contributed by atoms with Gasteiger partial charge < -0.3 is 5.32 Å². The highest BCUT2D eigenvalue weighted by Crippen LogP contribution is 2.17. The molecular weight excluding hydrogens is 202 g/mol. The van der Waals surface area contributed by atoms with Crippen molar-refractivity contribution in [3.63, 3.8) is 0 Å². The molecule has 1 nitrogen and oxygen atoms in total. The molecule has 0 bridgehead atoms. The summed E-state index contributed by atoms with van der Waals surface area (Å²) >= 11 is 2.07. The van der Waals surface area contributed by atoms with Gasteiger partial charge in [0.05, 0.1) is 0 Å². The van der Waals surface area contributed by atoms with Gasteiger partial charge in [-0.25, -0.2) is 0 Å². The highest BCUT2D eigenvalue weighted by Gasteiger charge is 2.16. The van der Waals surface area contributed by atoms with Crippen LogP contribution in [0, 0.1) is 0 Å². The Morgan fingerprint density at radius 3 is 2.87 bits per heavy atom. The lowest BCUT2D eigenvalue weighted by molar-refractivity contribution is 0.470. The van der Waals surface area contributed by atoms with Crippen LogP contribution >= 0.6 is 11.8 Å². The van der Waals surface area contributed by atoms with Crippen LogP contribution in [0.4, 0.5) is 0 Å². The Balaban J connectivity index is 1.79.